The Bertz CT molecular complexity index is 204. The Morgan fingerprint density at radius 1 is 1.17 bits per heavy atom. The first-order valence-electron chi connectivity index (χ1n) is 4.42. The van der Waals surface area contributed by atoms with Gasteiger partial charge in [0.25, 0.3) is 0 Å². The number of hydrogen-bond acceptors (Lipinski definition) is 0. The molecule has 0 bridgehead atoms. The minimum Gasteiger partial charge on any atom is -0.0991 e. The molecular formula is C12H18. The third-order valence-electron chi connectivity index (χ3n) is 1.81. The van der Waals surface area contributed by atoms with E-state index in [1.54, 1.807) is 6.08 Å². The van der Waals surface area contributed by atoms with Gasteiger partial charge in [-0.2, -0.15) is 0 Å². The molecule has 0 aliphatic rings. The lowest BCUT2D eigenvalue weighted by molar-refractivity contribution is 1.03. The van der Waals surface area contributed by atoms with Crippen LogP contribution in [0, 0.1) is 0 Å². The fraction of sp³-hybridized carbons (Fsp3) is 0.333. The van der Waals surface area contributed by atoms with Crippen molar-refractivity contribution >= 4 is 0 Å². The Labute approximate surface area is 76.0 Å². The summed E-state index contributed by atoms with van der Waals surface area (Å²) < 4.78 is 0. The monoisotopic (exact) mass is 162 g/mol. The third-order valence-corrected chi connectivity index (χ3v) is 1.81. The number of allylic oxidation sites excluding steroid dienone is 6. The van der Waals surface area contributed by atoms with E-state index in [1.807, 2.05) is 12.2 Å². The van der Waals surface area contributed by atoms with Gasteiger partial charge in [0.15, 0.2) is 0 Å². The molecule has 0 aromatic carbocycles. The lowest BCUT2D eigenvalue weighted by Gasteiger charge is -2.03. The molecule has 0 aliphatic heterocycles. The van der Waals surface area contributed by atoms with Crippen LogP contribution in [0.4, 0.5) is 0 Å². The number of hydrogen-bond donors (Lipinski definition) is 0. The van der Waals surface area contributed by atoms with Gasteiger partial charge >= 0.3 is 0 Å². The molecule has 0 aromatic rings. The van der Waals surface area contributed by atoms with Crippen LogP contribution in [0.25, 0.3) is 0 Å². The minimum atomic E-state index is 1.03. The van der Waals surface area contributed by atoms with Gasteiger partial charge in [-0.05, 0) is 18.4 Å². The molecule has 0 saturated heterocycles. The molecule has 0 rings (SSSR count). The molecule has 66 valence electrons. The van der Waals surface area contributed by atoms with Crippen LogP contribution in [0.5, 0.6) is 0 Å². The van der Waals surface area contributed by atoms with Gasteiger partial charge in [0.1, 0.15) is 0 Å². The van der Waals surface area contributed by atoms with E-state index in [9.17, 15) is 0 Å². The highest BCUT2D eigenvalue weighted by Crippen LogP contribution is 2.14. The summed E-state index contributed by atoms with van der Waals surface area (Å²) in [4.78, 5) is 0. The molecule has 0 aliphatic carbocycles. The van der Waals surface area contributed by atoms with E-state index in [2.05, 4.69) is 33.1 Å². The van der Waals surface area contributed by atoms with Crippen LogP contribution in [0.3, 0.4) is 0 Å². The van der Waals surface area contributed by atoms with Gasteiger partial charge in [0, 0.05) is 0 Å². The van der Waals surface area contributed by atoms with Crippen LogP contribution in [-0.2, 0) is 0 Å². The first kappa shape index (κ1) is 11.0. The largest absolute Gasteiger partial charge is 0.0991 e. The third kappa shape index (κ3) is 3.97. The highest BCUT2D eigenvalue weighted by Gasteiger charge is 1.94. The van der Waals surface area contributed by atoms with E-state index in [1.165, 1.54) is 11.1 Å². The van der Waals surface area contributed by atoms with E-state index in [-0.39, 0.29) is 0 Å². The fourth-order valence-electron chi connectivity index (χ4n) is 0.963. The molecule has 0 amide bonds. The molecule has 0 N–H and O–H groups in total. The van der Waals surface area contributed by atoms with Crippen molar-refractivity contribution in [1.82, 2.24) is 0 Å². The smallest absolute Gasteiger partial charge is 0.0305 e. The van der Waals surface area contributed by atoms with Crippen LogP contribution < -0.4 is 0 Å². The first-order valence-corrected chi connectivity index (χ1v) is 4.42. The predicted octanol–water partition coefficient (Wildman–Crippen LogP) is 4.03. The van der Waals surface area contributed by atoms with Crippen molar-refractivity contribution in [3.05, 3.63) is 48.6 Å². The molecule has 0 saturated carbocycles. The molecule has 0 heteroatoms. The van der Waals surface area contributed by atoms with Crippen molar-refractivity contribution in [2.75, 3.05) is 0 Å². The zero-order valence-corrected chi connectivity index (χ0v) is 8.14. The summed E-state index contributed by atoms with van der Waals surface area (Å²) in [5.41, 5.74) is 2.56. The molecule has 0 atom stereocenters. The standard InChI is InChI=1S/C12H18/c1-5-8-9-10-12(7-3)11(4)6-2/h5,8-10H,1,4,6-7H2,2-3H3/b9-8-,12-10-. The average molecular weight is 162 g/mol. The highest BCUT2D eigenvalue weighted by atomic mass is 14.0. The van der Waals surface area contributed by atoms with E-state index in [0.29, 0.717) is 0 Å². The Hall–Kier alpha value is -1.04. The summed E-state index contributed by atoms with van der Waals surface area (Å²) >= 11 is 0. The van der Waals surface area contributed by atoms with Crippen LogP contribution in [0.2, 0.25) is 0 Å². The topological polar surface area (TPSA) is 0 Å². The molecule has 0 aromatic heterocycles. The normalized spacial score (nSPS) is 12.0. The zero-order valence-electron chi connectivity index (χ0n) is 8.14. The Morgan fingerprint density at radius 3 is 2.25 bits per heavy atom. The van der Waals surface area contributed by atoms with E-state index >= 15 is 0 Å². The van der Waals surface area contributed by atoms with Gasteiger partial charge in [0.2, 0.25) is 0 Å². The van der Waals surface area contributed by atoms with Crippen molar-refractivity contribution in [3.63, 3.8) is 0 Å². The molecule has 0 spiro atoms. The zero-order chi connectivity index (χ0) is 9.40. The van der Waals surface area contributed by atoms with Gasteiger partial charge in [-0.15, -0.1) is 0 Å². The van der Waals surface area contributed by atoms with Crippen molar-refractivity contribution in [2.45, 2.75) is 26.7 Å². The summed E-state index contributed by atoms with van der Waals surface area (Å²) in [5, 5.41) is 0. The molecule has 0 unspecified atom stereocenters. The second-order valence-electron chi connectivity index (χ2n) is 2.62. The van der Waals surface area contributed by atoms with Gasteiger partial charge in [-0.3, -0.25) is 0 Å². The van der Waals surface area contributed by atoms with Crippen LogP contribution in [-0.4, -0.2) is 0 Å². The van der Waals surface area contributed by atoms with Crippen molar-refractivity contribution in [3.8, 4) is 0 Å². The molecule has 12 heavy (non-hydrogen) atoms. The SMILES string of the molecule is C=C/C=C\C=C(\CC)C(=C)CC. The number of rotatable bonds is 5. The van der Waals surface area contributed by atoms with Gasteiger partial charge < -0.3 is 0 Å². The van der Waals surface area contributed by atoms with Crippen LogP contribution in [0.15, 0.2) is 48.6 Å². The minimum absolute atomic E-state index is 1.03. The quantitative estimate of drug-likeness (QED) is 0.535. The van der Waals surface area contributed by atoms with E-state index in [0.717, 1.165) is 12.8 Å². The van der Waals surface area contributed by atoms with Crippen molar-refractivity contribution in [1.29, 1.82) is 0 Å². The second-order valence-corrected chi connectivity index (χ2v) is 2.62. The van der Waals surface area contributed by atoms with Crippen LogP contribution >= 0.6 is 0 Å². The molecular weight excluding hydrogens is 144 g/mol. The summed E-state index contributed by atoms with van der Waals surface area (Å²) in [7, 11) is 0. The Morgan fingerprint density at radius 2 is 1.83 bits per heavy atom. The maximum atomic E-state index is 4.00. The fourth-order valence-corrected chi connectivity index (χ4v) is 0.963. The molecule has 0 fully saturated rings. The predicted molar refractivity (Wildman–Crippen MR) is 57.1 cm³/mol. The van der Waals surface area contributed by atoms with Crippen molar-refractivity contribution in [2.24, 2.45) is 0 Å². The van der Waals surface area contributed by atoms with Gasteiger partial charge in [-0.25, -0.2) is 0 Å². The van der Waals surface area contributed by atoms with Gasteiger partial charge in [0.05, 0.1) is 0 Å². The summed E-state index contributed by atoms with van der Waals surface area (Å²) in [6.45, 7) is 11.9. The second kappa shape index (κ2) is 6.66. The van der Waals surface area contributed by atoms with E-state index in [4.69, 9.17) is 0 Å². The molecule has 0 nitrogen and oxygen atoms in total. The highest BCUT2D eigenvalue weighted by molar-refractivity contribution is 5.31. The maximum absolute atomic E-state index is 4.00. The summed E-state index contributed by atoms with van der Waals surface area (Å²) in [6.07, 6.45) is 9.90. The summed E-state index contributed by atoms with van der Waals surface area (Å²) in [6, 6.07) is 0. The first-order chi connectivity index (χ1) is 5.76. The average Bonchev–Trinajstić information content (AvgIpc) is 2.11. The van der Waals surface area contributed by atoms with E-state index < -0.39 is 0 Å². The Balaban J connectivity index is 4.32. The maximum Gasteiger partial charge on any atom is -0.0305 e. The lowest BCUT2D eigenvalue weighted by Crippen LogP contribution is -1.83. The molecule has 0 radical (unpaired) electrons. The lowest BCUT2D eigenvalue weighted by atomic mass is 10.0. The molecule has 0 heterocycles. The Kier molecular flexibility index (Phi) is 6.08. The summed E-state index contributed by atoms with van der Waals surface area (Å²) in [5.74, 6) is 0. The van der Waals surface area contributed by atoms with Gasteiger partial charge in [-0.1, -0.05) is 56.9 Å². The van der Waals surface area contributed by atoms with Crippen LogP contribution in [0.1, 0.15) is 26.7 Å². The van der Waals surface area contributed by atoms with Crippen molar-refractivity contribution < 1.29 is 0 Å².